The van der Waals surface area contributed by atoms with Crippen molar-refractivity contribution in [3.05, 3.63) is 200 Å². The van der Waals surface area contributed by atoms with Gasteiger partial charge in [0.15, 0.2) is 8.07 Å². The van der Waals surface area contributed by atoms with Crippen LogP contribution in [0.5, 0.6) is 23.0 Å². The van der Waals surface area contributed by atoms with Crippen LogP contribution in [-0.2, 0) is 0 Å². The molecule has 9 aromatic carbocycles. The Morgan fingerprint density at radius 3 is 1.48 bits per heavy atom. The van der Waals surface area contributed by atoms with Gasteiger partial charge < -0.3 is 14.4 Å². The molecular formula is C50H33NO2Si. The van der Waals surface area contributed by atoms with E-state index in [2.05, 4.69) is 205 Å². The molecule has 254 valence electrons. The summed E-state index contributed by atoms with van der Waals surface area (Å²) >= 11 is 0. The van der Waals surface area contributed by atoms with Gasteiger partial charge in [0.2, 0.25) is 0 Å². The van der Waals surface area contributed by atoms with Gasteiger partial charge in [-0.1, -0.05) is 140 Å². The third-order valence-corrected chi connectivity index (χ3v) is 16.0. The minimum Gasteiger partial charge on any atom is -0.458 e. The number of para-hydroxylation sites is 3. The highest BCUT2D eigenvalue weighted by atomic mass is 28.3. The van der Waals surface area contributed by atoms with Crippen molar-refractivity contribution in [1.82, 2.24) is 0 Å². The highest BCUT2D eigenvalue weighted by Crippen LogP contribution is 2.41. The summed E-state index contributed by atoms with van der Waals surface area (Å²) in [6.07, 6.45) is 0. The van der Waals surface area contributed by atoms with Gasteiger partial charge in [0.25, 0.3) is 0 Å². The van der Waals surface area contributed by atoms with Crippen LogP contribution >= 0.6 is 0 Å². The van der Waals surface area contributed by atoms with Crippen LogP contribution in [0.15, 0.2) is 200 Å². The molecular weight excluding hydrogens is 675 g/mol. The average molecular weight is 708 g/mol. The van der Waals surface area contributed by atoms with E-state index >= 15 is 0 Å². The Balaban J connectivity index is 1.16. The molecule has 11 rings (SSSR count). The summed E-state index contributed by atoms with van der Waals surface area (Å²) in [5.74, 6) is 3.61. The maximum Gasteiger partial charge on any atom is 0.196 e. The summed E-state index contributed by atoms with van der Waals surface area (Å²) in [6.45, 7) is 0. The molecule has 2 aliphatic rings. The van der Waals surface area contributed by atoms with E-state index in [4.69, 9.17) is 9.47 Å². The molecule has 4 heteroatoms. The highest BCUT2D eigenvalue weighted by molar-refractivity contribution is 7.21. The molecule has 54 heavy (non-hydrogen) atoms. The van der Waals surface area contributed by atoms with Gasteiger partial charge in [-0.2, -0.15) is 0 Å². The zero-order valence-corrected chi connectivity index (χ0v) is 30.3. The van der Waals surface area contributed by atoms with Crippen LogP contribution in [0.1, 0.15) is 0 Å². The molecule has 2 heterocycles. The van der Waals surface area contributed by atoms with Crippen molar-refractivity contribution in [2.24, 2.45) is 0 Å². The van der Waals surface area contributed by atoms with Crippen molar-refractivity contribution in [2.45, 2.75) is 0 Å². The Bertz CT molecular complexity index is 2800. The highest BCUT2D eigenvalue weighted by Gasteiger charge is 2.53. The fourth-order valence-corrected chi connectivity index (χ4v) is 13.9. The number of hydrogen-bond acceptors (Lipinski definition) is 3. The van der Waals surface area contributed by atoms with Gasteiger partial charge in [-0.15, -0.1) is 0 Å². The molecule has 0 unspecified atom stereocenters. The van der Waals surface area contributed by atoms with Gasteiger partial charge in [0.1, 0.15) is 23.0 Å². The van der Waals surface area contributed by atoms with Gasteiger partial charge in [0.05, 0.1) is 0 Å². The van der Waals surface area contributed by atoms with Crippen molar-refractivity contribution < 1.29 is 9.47 Å². The Morgan fingerprint density at radius 2 is 0.796 bits per heavy atom. The molecule has 0 atom stereocenters. The third-order valence-electron chi connectivity index (χ3n) is 11.2. The summed E-state index contributed by atoms with van der Waals surface area (Å²) < 4.78 is 13.5. The largest absolute Gasteiger partial charge is 0.458 e. The molecule has 0 aliphatic carbocycles. The number of rotatable bonds is 4. The first-order valence-corrected chi connectivity index (χ1v) is 20.4. The van der Waals surface area contributed by atoms with Crippen molar-refractivity contribution >= 4 is 67.4 Å². The number of benzene rings is 9. The van der Waals surface area contributed by atoms with Crippen LogP contribution in [0, 0.1) is 0 Å². The summed E-state index contributed by atoms with van der Waals surface area (Å²) in [7, 11) is -2.94. The van der Waals surface area contributed by atoms with E-state index in [0.29, 0.717) is 0 Å². The van der Waals surface area contributed by atoms with E-state index in [1.807, 2.05) is 0 Å². The van der Waals surface area contributed by atoms with Crippen molar-refractivity contribution in [2.75, 3.05) is 4.90 Å². The molecule has 0 radical (unpaired) electrons. The smallest absolute Gasteiger partial charge is 0.196 e. The average Bonchev–Trinajstić information content (AvgIpc) is 3.24. The van der Waals surface area contributed by atoms with E-state index in [0.717, 1.165) is 40.1 Å². The van der Waals surface area contributed by atoms with Gasteiger partial charge in [-0.25, -0.2) is 0 Å². The first-order chi connectivity index (χ1) is 26.8. The van der Waals surface area contributed by atoms with E-state index in [9.17, 15) is 0 Å². The minimum absolute atomic E-state index is 0.889. The topological polar surface area (TPSA) is 21.7 Å². The molecule has 0 saturated heterocycles. The monoisotopic (exact) mass is 707 g/mol. The summed E-state index contributed by atoms with van der Waals surface area (Å²) in [6, 6.07) is 72.0. The SMILES string of the molecule is c1ccc(-c2ccc(N(c3ccc4c(c3)[Si]3(c5ccccc5Oc5ccccc53)c3ccccc3O4)c3ccc4c(ccc5ccccc54)c3)cc2)cc1. The predicted octanol–water partition coefficient (Wildman–Crippen LogP) is 10.7. The van der Waals surface area contributed by atoms with Crippen molar-refractivity contribution in [3.8, 4) is 34.1 Å². The lowest BCUT2D eigenvalue weighted by Crippen LogP contribution is -2.77. The summed E-state index contributed by atoms with van der Waals surface area (Å²) in [5, 5.41) is 9.85. The normalized spacial score (nSPS) is 13.3. The number of ether oxygens (including phenoxy) is 2. The van der Waals surface area contributed by atoms with Gasteiger partial charge >= 0.3 is 0 Å². The molecule has 2 aliphatic heterocycles. The Kier molecular flexibility index (Phi) is 6.88. The second-order valence-corrected chi connectivity index (χ2v) is 17.7. The summed E-state index contributed by atoms with van der Waals surface area (Å²) in [4.78, 5) is 2.39. The number of anilines is 3. The second kappa shape index (κ2) is 12.1. The molecule has 1 spiro atoms. The van der Waals surface area contributed by atoms with Gasteiger partial charge in [-0.3, -0.25) is 0 Å². The number of nitrogens with zero attached hydrogens (tertiary/aromatic N) is 1. The van der Waals surface area contributed by atoms with Gasteiger partial charge in [0, 0.05) is 17.1 Å². The minimum atomic E-state index is -2.94. The quantitative estimate of drug-likeness (QED) is 0.134. The van der Waals surface area contributed by atoms with E-state index < -0.39 is 8.07 Å². The Hall–Kier alpha value is -6.88. The van der Waals surface area contributed by atoms with E-state index in [1.165, 1.54) is 53.4 Å². The summed E-state index contributed by atoms with van der Waals surface area (Å²) in [5.41, 5.74) is 5.61. The lowest BCUT2D eigenvalue weighted by molar-refractivity contribution is 0.481. The molecule has 0 fully saturated rings. The maximum absolute atomic E-state index is 6.82. The fourth-order valence-electron chi connectivity index (χ4n) is 8.76. The van der Waals surface area contributed by atoms with Crippen LogP contribution in [-0.4, -0.2) is 8.07 Å². The van der Waals surface area contributed by atoms with Crippen molar-refractivity contribution in [3.63, 3.8) is 0 Å². The molecule has 0 bridgehead atoms. The van der Waals surface area contributed by atoms with Crippen LogP contribution in [0.25, 0.3) is 32.7 Å². The molecule has 0 saturated carbocycles. The first-order valence-electron chi connectivity index (χ1n) is 18.4. The van der Waals surface area contributed by atoms with Crippen LogP contribution < -0.4 is 35.1 Å². The number of fused-ring (bicyclic) bond motifs is 11. The first kappa shape index (κ1) is 30.7. The fraction of sp³-hybridized carbons (Fsp3) is 0. The number of hydrogen-bond donors (Lipinski definition) is 0. The lowest BCUT2D eigenvalue weighted by atomic mass is 10.0. The predicted molar refractivity (Wildman–Crippen MR) is 225 cm³/mol. The van der Waals surface area contributed by atoms with Crippen molar-refractivity contribution in [1.29, 1.82) is 0 Å². The third kappa shape index (κ3) is 4.60. The maximum atomic E-state index is 6.82. The van der Waals surface area contributed by atoms with E-state index in [1.54, 1.807) is 0 Å². The molecule has 0 aromatic heterocycles. The standard InChI is InChI=1S/C50H33NO2Si/c1-2-12-34(13-3-1)35-24-26-38(27-25-35)51(39-28-30-42-37(32-39)23-22-36-14-4-5-15-41(36)42)40-29-31-46-50(33-40)54(49-21-11-8-18-45(49)53-46)47-19-9-6-16-43(47)52-44-17-7-10-20-48(44)54/h1-33H. The van der Waals surface area contributed by atoms with Crippen LogP contribution in [0.3, 0.4) is 0 Å². The molecule has 0 amide bonds. The molecule has 3 nitrogen and oxygen atoms in total. The molecule has 9 aromatic rings. The van der Waals surface area contributed by atoms with Crippen LogP contribution in [0.2, 0.25) is 0 Å². The zero-order valence-electron chi connectivity index (χ0n) is 29.3. The molecule has 0 N–H and O–H groups in total. The second-order valence-electron chi connectivity index (χ2n) is 14.1. The Labute approximate surface area is 314 Å². The van der Waals surface area contributed by atoms with Gasteiger partial charge in [-0.05, 0) is 114 Å². The van der Waals surface area contributed by atoms with Crippen LogP contribution in [0.4, 0.5) is 17.1 Å². The Morgan fingerprint density at radius 1 is 0.315 bits per heavy atom. The van der Waals surface area contributed by atoms with E-state index in [-0.39, 0.29) is 0 Å². The zero-order chi connectivity index (χ0) is 35.6. The lowest BCUT2D eigenvalue weighted by Gasteiger charge is -2.43.